The van der Waals surface area contributed by atoms with E-state index in [0.29, 0.717) is 17.5 Å². The maximum Gasteiger partial charge on any atom is 0.237 e. The summed E-state index contributed by atoms with van der Waals surface area (Å²) in [5.41, 5.74) is 5.58. The van der Waals surface area contributed by atoms with Gasteiger partial charge in [-0.2, -0.15) is 4.98 Å². The molecule has 7 heteroatoms. The number of benzene rings is 2. The van der Waals surface area contributed by atoms with Crippen LogP contribution in [0.2, 0.25) is 0 Å². The Kier molecular flexibility index (Phi) is 4.77. The Morgan fingerprint density at radius 1 is 1.04 bits per heavy atom. The van der Waals surface area contributed by atoms with Crippen molar-refractivity contribution in [2.75, 3.05) is 0 Å². The molecule has 0 saturated heterocycles. The van der Waals surface area contributed by atoms with Crippen molar-refractivity contribution < 1.29 is 4.52 Å². The first-order valence-corrected chi connectivity index (χ1v) is 9.59. The van der Waals surface area contributed by atoms with Gasteiger partial charge in [-0.05, 0) is 38.0 Å². The average molecular weight is 377 g/mol. The van der Waals surface area contributed by atoms with Gasteiger partial charge in [-0.1, -0.05) is 58.9 Å². The first-order chi connectivity index (χ1) is 13.1. The third-order valence-electron chi connectivity index (χ3n) is 4.31. The predicted molar refractivity (Wildman–Crippen MR) is 105 cm³/mol. The summed E-state index contributed by atoms with van der Waals surface area (Å²) >= 11 is 1.52. The highest BCUT2D eigenvalue weighted by Crippen LogP contribution is 2.26. The Bertz CT molecular complexity index is 1090. The van der Waals surface area contributed by atoms with Crippen LogP contribution >= 0.6 is 11.8 Å². The van der Waals surface area contributed by atoms with Gasteiger partial charge in [-0.3, -0.25) is 4.57 Å². The average Bonchev–Trinajstić information content (AvgIpc) is 3.30. The van der Waals surface area contributed by atoms with E-state index < -0.39 is 0 Å². The zero-order valence-corrected chi connectivity index (χ0v) is 16.2. The summed E-state index contributed by atoms with van der Waals surface area (Å²) in [5.74, 6) is 1.70. The second-order valence-electron chi connectivity index (χ2n) is 6.39. The number of hydrogen-bond donors (Lipinski definition) is 0. The van der Waals surface area contributed by atoms with Crippen molar-refractivity contribution in [3.8, 4) is 17.1 Å². The number of hydrogen-bond acceptors (Lipinski definition) is 6. The summed E-state index contributed by atoms with van der Waals surface area (Å²) in [6, 6.07) is 14.3. The summed E-state index contributed by atoms with van der Waals surface area (Å²) in [7, 11) is 0. The molecule has 0 amide bonds. The van der Waals surface area contributed by atoms with Crippen LogP contribution in [0.5, 0.6) is 0 Å². The number of thioether (sulfide) groups is 1. The van der Waals surface area contributed by atoms with Crippen molar-refractivity contribution in [3.05, 3.63) is 71.4 Å². The second-order valence-corrected chi connectivity index (χ2v) is 7.33. The first-order valence-electron chi connectivity index (χ1n) is 8.61. The van der Waals surface area contributed by atoms with E-state index in [4.69, 9.17) is 4.52 Å². The van der Waals surface area contributed by atoms with E-state index in [2.05, 4.69) is 52.4 Å². The summed E-state index contributed by atoms with van der Waals surface area (Å²) in [6.45, 7) is 6.20. The summed E-state index contributed by atoms with van der Waals surface area (Å²) in [5, 5.41) is 13.2. The summed E-state index contributed by atoms with van der Waals surface area (Å²) in [4.78, 5) is 4.52. The smallest absolute Gasteiger partial charge is 0.237 e. The predicted octanol–water partition coefficient (Wildman–Crippen LogP) is 4.53. The lowest BCUT2D eigenvalue weighted by Gasteiger charge is -2.09. The van der Waals surface area contributed by atoms with Crippen LogP contribution in [-0.2, 0) is 5.75 Å². The fourth-order valence-electron chi connectivity index (χ4n) is 2.94. The molecule has 0 aliphatic heterocycles. The van der Waals surface area contributed by atoms with Crippen molar-refractivity contribution in [2.24, 2.45) is 0 Å². The lowest BCUT2D eigenvalue weighted by atomic mass is 10.1. The van der Waals surface area contributed by atoms with Crippen LogP contribution in [0.15, 0.2) is 58.5 Å². The van der Waals surface area contributed by atoms with E-state index in [9.17, 15) is 0 Å². The molecule has 2 aromatic carbocycles. The van der Waals surface area contributed by atoms with Gasteiger partial charge in [-0.15, -0.1) is 10.2 Å². The lowest BCUT2D eigenvalue weighted by Crippen LogP contribution is -1.98. The molecule has 2 aromatic heterocycles. The molecular weight excluding hydrogens is 358 g/mol. The van der Waals surface area contributed by atoms with E-state index in [-0.39, 0.29) is 0 Å². The quantitative estimate of drug-likeness (QED) is 0.476. The standard InChI is InChI=1S/C20H19N5OS/c1-13-8-9-17(15(3)10-13)25-12-21-23-20(25)27-11-18-22-19(24-26-18)16-7-5-4-6-14(16)2/h4-10,12H,11H2,1-3H3. The molecule has 0 atom stereocenters. The molecular formula is C20H19N5OS. The van der Waals surface area contributed by atoms with Crippen molar-refractivity contribution in [1.82, 2.24) is 24.9 Å². The minimum Gasteiger partial charge on any atom is -0.338 e. The molecule has 0 fully saturated rings. The van der Waals surface area contributed by atoms with Gasteiger partial charge in [0.2, 0.25) is 11.7 Å². The Labute approximate surface area is 161 Å². The number of nitrogens with zero attached hydrogens (tertiary/aromatic N) is 5. The van der Waals surface area contributed by atoms with Gasteiger partial charge in [-0.25, -0.2) is 0 Å². The monoisotopic (exact) mass is 377 g/mol. The van der Waals surface area contributed by atoms with E-state index in [1.807, 2.05) is 35.8 Å². The Morgan fingerprint density at radius 3 is 2.70 bits per heavy atom. The van der Waals surface area contributed by atoms with Crippen LogP contribution in [0.4, 0.5) is 0 Å². The highest BCUT2D eigenvalue weighted by atomic mass is 32.2. The van der Waals surface area contributed by atoms with E-state index >= 15 is 0 Å². The van der Waals surface area contributed by atoms with Crippen molar-refractivity contribution in [1.29, 1.82) is 0 Å². The molecule has 0 aliphatic rings. The van der Waals surface area contributed by atoms with Crippen LogP contribution in [0, 0.1) is 20.8 Å². The minimum atomic E-state index is 0.530. The zero-order valence-electron chi connectivity index (χ0n) is 15.4. The highest BCUT2D eigenvalue weighted by molar-refractivity contribution is 7.98. The van der Waals surface area contributed by atoms with Gasteiger partial charge in [0, 0.05) is 5.56 Å². The molecule has 4 rings (SSSR count). The molecule has 0 aliphatic carbocycles. The Balaban J connectivity index is 1.52. The highest BCUT2D eigenvalue weighted by Gasteiger charge is 2.14. The van der Waals surface area contributed by atoms with Crippen molar-refractivity contribution in [2.45, 2.75) is 31.7 Å². The van der Waals surface area contributed by atoms with Crippen molar-refractivity contribution >= 4 is 11.8 Å². The molecule has 136 valence electrons. The van der Waals surface area contributed by atoms with Crippen LogP contribution in [0.25, 0.3) is 17.1 Å². The molecule has 0 bridgehead atoms. The van der Waals surface area contributed by atoms with E-state index in [1.165, 1.54) is 22.9 Å². The van der Waals surface area contributed by atoms with Gasteiger partial charge in [0.1, 0.15) is 6.33 Å². The molecule has 0 saturated carbocycles. The Hall–Kier alpha value is -2.93. The molecule has 0 N–H and O–H groups in total. The van der Waals surface area contributed by atoms with E-state index in [1.54, 1.807) is 6.33 Å². The van der Waals surface area contributed by atoms with E-state index in [0.717, 1.165) is 22.0 Å². The summed E-state index contributed by atoms with van der Waals surface area (Å²) < 4.78 is 7.40. The lowest BCUT2D eigenvalue weighted by molar-refractivity contribution is 0.391. The molecule has 2 heterocycles. The van der Waals surface area contributed by atoms with Gasteiger partial charge in [0.15, 0.2) is 5.16 Å². The fraction of sp³-hybridized carbons (Fsp3) is 0.200. The Morgan fingerprint density at radius 2 is 1.89 bits per heavy atom. The zero-order chi connectivity index (χ0) is 18.8. The third kappa shape index (κ3) is 3.64. The van der Waals surface area contributed by atoms with Crippen LogP contribution in [0.1, 0.15) is 22.6 Å². The van der Waals surface area contributed by atoms with Crippen LogP contribution < -0.4 is 0 Å². The maximum absolute atomic E-state index is 5.42. The number of rotatable bonds is 5. The SMILES string of the molecule is Cc1ccc(-n2cnnc2SCc2nc(-c3ccccc3C)no2)c(C)c1. The molecule has 6 nitrogen and oxygen atoms in total. The second kappa shape index (κ2) is 7.36. The molecule has 4 aromatic rings. The number of aryl methyl sites for hydroxylation is 3. The summed E-state index contributed by atoms with van der Waals surface area (Å²) in [6.07, 6.45) is 1.73. The van der Waals surface area contributed by atoms with Crippen LogP contribution in [-0.4, -0.2) is 24.9 Å². The third-order valence-corrected chi connectivity index (χ3v) is 5.23. The first kappa shape index (κ1) is 17.5. The van der Waals surface area contributed by atoms with Crippen LogP contribution in [0.3, 0.4) is 0 Å². The molecule has 0 radical (unpaired) electrons. The number of aromatic nitrogens is 5. The molecule has 0 spiro atoms. The largest absolute Gasteiger partial charge is 0.338 e. The van der Waals surface area contributed by atoms with Crippen molar-refractivity contribution in [3.63, 3.8) is 0 Å². The van der Waals surface area contributed by atoms with Gasteiger partial charge in [0.05, 0.1) is 11.4 Å². The van der Waals surface area contributed by atoms with Gasteiger partial charge in [0.25, 0.3) is 0 Å². The normalized spacial score (nSPS) is 11.1. The molecule has 27 heavy (non-hydrogen) atoms. The van der Waals surface area contributed by atoms with Gasteiger partial charge < -0.3 is 4.52 Å². The molecule has 0 unspecified atom stereocenters. The topological polar surface area (TPSA) is 69.6 Å². The minimum absolute atomic E-state index is 0.530. The fourth-order valence-corrected chi connectivity index (χ4v) is 3.70. The van der Waals surface area contributed by atoms with Gasteiger partial charge >= 0.3 is 0 Å². The maximum atomic E-state index is 5.42.